The summed E-state index contributed by atoms with van der Waals surface area (Å²) < 4.78 is 0. The molecule has 0 bridgehead atoms. The van der Waals surface area contributed by atoms with E-state index >= 15 is 0 Å². The van der Waals surface area contributed by atoms with Crippen LogP contribution >= 0.6 is 0 Å². The van der Waals surface area contributed by atoms with Gasteiger partial charge in [-0.05, 0) is 31.0 Å². The molecule has 15 heavy (non-hydrogen) atoms. The molecule has 0 saturated heterocycles. The standard InChI is InChI=1S/C12H13NO2/c14-12(15)9-4-3-7-11(8-9)13-10-5-1-2-6-10/h1,3-5,7-8,10,13H,2,6H2,(H,14,15). The van der Waals surface area contributed by atoms with Gasteiger partial charge in [0.25, 0.3) is 0 Å². The van der Waals surface area contributed by atoms with E-state index in [2.05, 4.69) is 17.5 Å². The maximum Gasteiger partial charge on any atom is 0.335 e. The topological polar surface area (TPSA) is 49.3 Å². The molecule has 0 saturated carbocycles. The summed E-state index contributed by atoms with van der Waals surface area (Å²) in [5.74, 6) is -0.888. The lowest BCUT2D eigenvalue weighted by atomic mass is 10.2. The van der Waals surface area contributed by atoms with Gasteiger partial charge < -0.3 is 10.4 Å². The fraction of sp³-hybridized carbons (Fsp3) is 0.250. The normalized spacial score (nSPS) is 19.1. The highest BCUT2D eigenvalue weighted by molar-refractivity contribution is 5.88. The minimum Gasteiger partial charge on any atom is -0.478 e. The smallest absolute Gasteiger partial charge is 0.335 e. The highest BCUT2D eigenvalue weighted by atomic mass is 16.4. The van der Waals surface area contributed by atoms with Crippen molar-refractivity contribution >= 4 is 11.7 Å². The molecule has 1 unspecified atom stereocenters. The molecule has 78 valence electrons. The van der Waals surface area contributed by atoms with E-state index in [1.807, 2.05) is 6.07 Å². The Labute approximate surface area is 88.4 Å². The Kier molecular flexibility index (Phi) is 2.72. The minimum atomic E-state index is -0.888. The van der Waals surface area contributed by atoms with Crippen molar-refractivity contribution in [2.75, 3.05) is 5.32 Å². The molecule has 0 heterocycles. The number of hydrogen-bond acceptors (Lipinski definition) is 2. The molecule has 3 nitrogen and oxygen atoms in total. The number of carbonyl (C=O) groups is 1. The summed E-state index contributed by atoms with van der Waals surface area (Å²) in [5.41, 5.74) is 1.19. The van der Waals surface area contributed by atoms with Crippen LogP contribution in [0.3, 0.4) is 0 Å². The summed E-state index contributed by atoms with van der Waals surface area (Å²) in [5, 5.41) is 12.1. The van der Waals surface area contributed by atoms with Crippen LogP contribution < -0.4 is 5.32 Å². The van der Waals surface area contributed by atoms with Crippen LogP contribution in [0.15, 0.2) is 36.4 Å². The van der Waals surface area contributed by atoms with Crippen molar-refractivity contribution in [1.29, 1.82) is 0 Å². The molecule has 2 rings (SSSR count). The molecular formula is C12H13NO2. The average molecular weight is 203 g/mol. The van der Waals surface area contributed by atoms with Crippen LogP contribution in [0.25, 0.3) is 0 Å². The van der Waals surface area contributed by atoms with E-state index in [9.17, 15) is 4.79 Å². The van der Waals surface area contributed by atoms with Gasteiger partial charge in [-0.15, -0.1) is 0 Å². The number of aromatic carboxylic acids is 1. The van der Waals surface area contributed by atoms with Crippen LogP contribution in [0.1, 0.15) is 23.2 Å². The van der Waals surface area contributed by atoms with Crippen LogP contribution in [-0.4, -0.2) is 17.1 Å². The van der Waals surface area contributed by atoms with Crippen molar-refractivity contribution in [2.24, 2.45) is 0 Å². The first-order valence-corrected chi connectivity index (χ1v) is 5.02. The molecule has 0 amide bonds. The molecule has 0 radical (unpaired) electrons. The Morgan fingerprint density at radius 3 is 3.00 bits per heavy atom. The predicted octanol–water partition coefficient (Wildman–Crippen LogP) is 2.52. The molecule has 1 aliphatic carbocycles. The van der Waals surface area contributed by atoms with Crippen LogP contribution in [0, 0.1) is 0 Å². The van der Waals surface area contributed by atoms with Crippen molar-refractivity contribution in [1.82, 2.24) is 0 Å². The number of carboxylic acid groups (broad SMARTS) is 1. The zero-order valence-corrected chi connectivity index (χ0v) is 8.31. The second-order valence-corrected chi connectivity index (χ2v) is 3.64. The highest BCUT2D eigenvalue weighted by Gasteiger charge is 2.09. The van der Waals surface area contributed by atoms with Crippen molar-refractivity contribution in [3.63, 3.8) is 0 Å². The van der Waals surface area contributed by atoms with Gasteiger partial charge in [0.15, 0.2) is 0 Å². The molecular weight excluding hydrogens is 190 g/mol. The second kappa shape index (κ2) is 4.17. The van der Waals surface area contributed by atoms with Crippen LogP contribution in [0.2, 0.25) is 0 Å². The summed E-state index contributed by atoms with van der Waals surface area (Å²) in [4.78, 5) is 10.7. The molecule has 0 fully saturated rings. The number of rotatable bonds is 3. The van der Waals surface area contributed by atoms with Gasteiger partial charge in [0.1, 0.15) is 0 Å². The van der Waals surface area contributed by atoms with Crippen molar-refractivity contribution in [2.45, 2.75) is 18.9 Å². The number of nitrogens with one attached hydrogen (secondary N) is 1. The number of carboxylic acids is 1. The molecule has 1 aromatic carbocycles. The monoisotopic (exact) mass is 203 g/mol. The summed E-state index contributed by atoms with van der Waals surface area (Å²) in [7, 11) is 0. The Balaban J connectivity index is 2.10. The minimum absolute atomic E-state index is 0.321. The molecule has 2 N–H and O–H groups in total. The first kappa shape index (κ1) is 9.77. The van der Waals surface area contributed by atoms with E-state index in [4.69, 9.17) is 5.11 Å². The van der Waals surface area contributed by atoms with Crippen LogP contribution in [0.5, 0.6) is 0 Å². The van der Waals surface area contributed by atoms with Gasteiger partial charge in [-0.2, -0.15) is 0 Å². The zero-order valence-electron chi connectivity index (χ0n) is 8.31. The fourth-order valence-electron chi connectivity index (χ4n) is 1.71. The lowest BCUT2D eigenvalue weighted by Gasteiger charge is -2.12. The Morgan fingerprint density at radius 2 is 2.33 bits per heavy atom. The summed E-state index contributed by atoms with van der Waals surface area (Å²) in [6, 6.07) is 7.24. The Morgan fingerprint density at radius 1 is 1.47 bits per heavy atom. The van der Waals surface area contributed by atoms with E-state index in [0.717, 1.165) is 18.5 Å². The van der Waals surface area contributed by atoms with Crippen molar-refractivity contribution in [3.05, 3.63) is 42.0 Å². The molecule has 3 heteroatoms. The summed E-state index contributed by atoms with van der Waals surface area (Å²) in [6.45, 7) is 0. The van der Waals surface area contributed by atoms with E-state index in [1.165, 1.54) is 0 Å². The van der Waals surface area contributed by atoms with Gasteiger partial charge in [0.2, 0.25) is 0 Å². The fourth-order valence-corrected chi connectivity index (χ4v) is 1.71. The van der Waals surface area contributed by atoms with Gasteiger partial charge in [0.05, 0.1) is 5.56 Å². The van der Waals surface area contributed by atoms with E-state index in [1.54, 1.807) is 18.2 Å². The van der Waals surface area contributed by atoms with E-state index < -0.39 is 5.97 Å². The van der Waals surface area contributed by atoms with Gasteiger partial charge in [0, 0.05) is 11.7 Å². The summed E-state index contributed by atoms with van der Waals surface area (Å²) in [6.07, 6.45) is 6.43. The van der Waals surface area contributed by atoms with Crippen LogP contribution in [-0.2, 0) is 0 Å². The molecule has 0 aromatic heterocycles. The third-order valence-electron chi connectivity index (χ3n) is 2.47. The largest absolute Gasteiger partial charge is 0.478 e. The third kappa shape index (κ3) is 2.37. The van der Waals surface area contributed by atoms with Gasteiger partial charge in [-0.25, -0.2) is 4.79 Å². The quantitative estimate of drug-likeness (QED) is 0.742. The Bertz CT molecular complexity index is 398. The van der Waals surface area contributed by atoms with Gasteiger partial charge in [-0.3, -0.25) is 0 Å². The van der Waals surface area contributed by atoms with Crippen LogP contribution in [0.4, 0.5) is 5.69 Å². The Hall–Kier alpha value is -1.77. The van der Waals surface area contributed by atoms with E-state index in [0.29, 0.717) is 11.6 Å². The first-order valence-electron chi connectivity index (χ1n) is 5.02. The number of hydrogen-bond donors (Lipinski definition) is 2. The van der Waals surface area contributed by atoms with E-state index in [-0.39, 0.29) is 0 Å². The molecule has 0 spiro atoms. The van der Waals surface area contributed by atoms with Gasteiger partial charge >= 0.3 is 5.97 Å². The molecule has 1 aliphatic rings. The molecule has 0 aliphatic heterocycles. The first-order chi connectivity index (χ1) is 7.25. The molecule has 1 aromatic rings. The highest BCUT2D eigenvalue weighted by Crippen LogP contribution is 2.17. The zero-order chi connectivity index (χ0) is 10.7. The SMILES string of the molecule is O=C(O)c1cccc(NC2C=CCC2)c1. The number of benzene rings is 1. The average Bonchev–Trinajstić information content (AvgIpc) is 2.71. The van der Waals surface area contributed by atoms with Gasteiger partial charge in [-0.1, -0.05) is 18.2 Å². The third-order valence-corrected chi connectivity index (χ3v) is 2.47. The number of allylic oxidation sites excluding steroid dienone is 1. The maximum atomic E-state index is 10.7. The maximum absolute atomic E-state index is 10.7. The summed E-state index contributed by atoms with van der Waals surface area (Å²) >= 11 is 0. The molecule has 1 atom stereocenters. The predicted molar refractivity (Wildman–Crippen MR) is 59.2 cm³/mol. The lowest BCUT2D eigenvalue weighted by molar-refractivity contribution is 0.0697. The lowest BCUT2D eigenvalue weighted by Crippen LogP contribution is -2.13. The number of anilines is 1. The second-order valence-electron chi connectivity index (χ2n) is 3.64. The van der Waals surface area contributed by atoms with Crippen molar-refractivity contribution in [3.8, 4) is 0 Å². The van der Waals surface area contributed by atoms with Crippen molar-refractivity contribution < 1.29 is 9.90 Å².